The number of aryl methyl sites for hydroxylation is 1. The van der Waals surface area contributed by atoms with Gasteiger partial charge in [-0.05, 0) is 80.5 Å². The van der Waals surface area contributed by atoms with Crippen LogP contribution >= 0.6 is 0 Å². The first-order chi connectivity index (χ1) is 28.0. The van der Waals surface area contributed by atoms with Gasteiger partial charge in [0.2, 0.25) is 0 Å². The molecule has 18 heteroatoms. The maximum Gasteiger partial charge on any atom is 0.438 e. The van der Waals surface area contributed by atoms with Crippen molar-refractivity contribution in [3.63, 3.8) is 0 Å². The lowest BCUT2D eigenvalue weighted by Gasteiger charge is -2.34. The smallest absolute Gasteiger partial charge is 0.331 e. The highest BCUT2D eigenvalue weighted by atomic mass is 19.1. The fraction of sp³-hybridized carbons (Fsp3) is 0.275. The van der Waals surface area contributed by atoms with E-state index in [0.29, 0.717) is 52.2 Å². The molecule has 8 aromatic rings. The number of aromatic nitrogens is 10. The maximum absolute atomic E-state index is 16.0. The molecule has 2 fully saturated rings. The summed E-state index contributed by atoms with van der Waals surface area (Å²) in [4.78, 5) is 45.8. The van der Waals surface area contributed by atoms with Gasteiger partial charge in [-0.25, -0.2) is 32.0 Å². The molecule has 0 radical (unpaired) electrons. The van der Waals surface area contributed by atoms with Gasteiger partial charge in [0.1, 0.15) is 17.2 Å². The second-order valence-electron chi connectivity index (χ2n) is 15.3. The highest BCUT2D eigenvalue weighted by Gasteiger charge is 2.54. The van der Waals surface area contributed by atoms with Gasteiger partial charge in [-0.15, -0.1) is 0 Å². The van der Waals surface area contributed by atoms with Crippen molar-refractivity contribution in [1.82, 2.24) is 53.3 Å². The lowest BCUT2D eigenvalue weighted by molar-refractivity contribution is 0.0675. The van der Waals surface area contributed by atoms with Crippen molar-refractivity contribution in [2.24, 2.45) is 7.05 Å². The molecule has 0 spiro atoms. The monoisotopic (exact) mass is 787 g/mol. The number of nitrogens with zero attached hydrogens (tertiary/aromatic N) is 10. The van der Waals surface area contributed by atoms with Crippen LogP contribution in [-0.2, 0) is 18.9 Å². The van der Waals surface area contributed by atoms with Gasteiger partial charge in [0.15, 0.2) is 17.5 Å². The van der Waals surface area contributed by atoms with E-state index < -0.39 is 40.4 Å². The molecule has 1 aliphatic heterocycles. The number of rotatable bonds is 7. The summed E-state index contributed by atoms with van der Waals surface area (Å²) in [5.74, 6) is -2.20. The van der Waals surface area contributed by atoms with E-state index in [-0.39, 0.29) is 52.7 Å². The molecule has 292 valence electrons. The Bertz CT molecular complexity index is 3160. The van der Waals surface area contributed by atoms with Gasteiger partial charge >= 0.3 is 11.4 Å². The second-order valence-corrected chi connectivity index (χ2v) is 15.3. The number of carbonyl (C=O) groups is 1. The van der Waals surface area contributed by atoms with Gasteiger partial charge in [-0.3, -0.25) is 28.1 Å². The average Bonchev–Trinajstić information content (AvgIpc) is 3.95. The summed E-state index contributed by atoms with van der Waals surface area (Å²) in [7, 11) is 1.70. The zero-order valence-corrected chi connectivity index (χ0v) is 31.0. The number of amides is 1. The Balaban J connectivity index is 1.07. The molecule has 1 amide bonds. The second kappa shape index (κ2) is 12.0. The summed E-state index contributed by atoms with van der Waals surface area (Å²) in [5, 5.41) is 17.6. The van der Waals surface area contributed by atoms with E-state index in [0.717, 1.165) is 12.8 Å². The van der Waals surface area contributed by atoms with Crippen LogP contribution < -0.4 is 11.4 Å². The topological polar surface area (TPSA) is 159 Å². The molecule has 0 saturated heterocycles. The van der Waals surface area contributed by atoms with Crippen molar-refractivity contribution in [3.8, 4) is 17.2 Å². The number of aromatic amines is 1. The minimum Gasteiger partial charge on any atom is -0.331 e. The van der Waals surface area contributed by atoms with Crippen LogP contribution in [0, 0.1) is 17.5 Å². The molecule has 1 atom stereocenters. The predicted molar refractivity (Wildman–Crippen MR) is 200 cm³/mol. The lowest BCUT2D eigenvalue weighted by Crippen LogP contribution is -2.40. The average molecular weight is 788 g/mol. The largest absolute Gasteiger partial charge is 0.438 e. The van der Waals surface area contributed by atoms with Gasteiger partial charge in [-0.2, -0.15) is 15.3 Å². The molecule has 2 aromatic carbocycles. The third-order valence-corrected chi connectivity index (χ3v) is 12.0. The SMILES string of the molecule is C[C@H]1c2c(nn(-c3ccc(F)c(C4CC4)c3)c2-n2ccn(-c3ccc4c(cnn4C)c3F)c2=O)CCN1C(=O)c1cn2nccc(F)c2c1C1(c2noc(=O)[nH]2)CC1. The first kappa shape index (κ1) is 34.3. The Morgan fingerprint density at radius 2 is 1.81 bits per heavy atom. The first-order valence-corrected chi connectivity index (χ1v) is 18.9. The van der Waals surface area contributed by atoms with Crippen LogP contribution in [0.3, 0.4) is 0 Å². The van der Waals surface area contributed by atoms with E-state index in [1.165, 1.54) is 62.8 Å². The molecule has 7 heterocycles. The van der Waals surface area contributed by atoms with Crippen molar-refractivity contribution in [2.45, 2.75) is 56.4 Å². The number of benzene rings is 2. The van der Waals surface area contributed by atoms with E-state index >= 15 is 13.2 Å². The van der Waals surface area contributed by atoms with Crippen LogP contribution in [0.15, 0.2) is 81.5 Å². The third kappa shape index (κ3) is 4.83. The van der Waals surface area contributed by atoms with Crippen LogP contribution in [0.1, 0.15) is 83.1 Å². The van der Waals surface area contributed by atoms with E-state index in [1.807, 2.05) is 6.92 Å². The number of imidazole rings is 1. The molecule has 1 N–H and O–H groups in total. The molecule has 0 unspecified atom stereocenters. The quantitative estimate of drug-likeness (QED) is 0.232. The molecule has 2 aliphatic carbocycles. The summed E-state index contributed by atoms with van der Waals surface area (Å²) in [5.41, 5.74) is 1.78. The third-order valence-electron chi connectivity index (χ3n) is 12.0. The van der Waals surface area contributed by atoms with Crippen molar-refractivity contribution in [2.75, 3.05) is 6.54 Å². The predicted octanol–water partition coefficient (Wildman–Crippen LogP) is 5.16. The summed E-state index contributed by atoms with van der Waals surface area (Å²) < 4.78 is 58.6. The number of halogens is 3. The van der Waals surface area contributed by atoms with Crippen LogP contribution in [-0.4, -0.2) is 65.8 Å². The molecule has 3 aliphatic rings. The van der Waals surface area contributed by atoms with Crippen LogP contribution in [0.4, 0.5) is 13.2 Å². The Morgan fingerprint density at radius 1 is 1.00 bits per heavy atom. The Hall–Kier alpha value is -6.98. The molecular weight excluding hydrogens is 756 g/mol. The van der Waals surface area contributed by atoms with Gasteiger partial charge in [-0.1, -0.05) is 5.16 Å². The Labute approximate surface area is 324 Å². The van der Waals surface area contributed by atoms with Crippen molar-refractivity contribution < 1.29 is 22.5 Å². The fourth-order valence-corrected chi connectivity index (χ4v) is 8.83. The van der Waals surface area contributed by atoms with E-state index in [4.69, 9.17) is 9.62 Å². The maximum atomic E-state index is 16.0. The first-order valence-electron chi connectivity index (χ1n) is 18.9. The zero-order chi connectivity index (χ0) is 39.8. The van der Waals surface area contributed by atoms with E-state index in [1.54, 1.807) is 39.5 Å². The highest BCUT2D eigenvalue weighted by Crippen LogP contribution is 2.55. The normalized spacial score (nSPS) is 17.4. The summed E-state index contributed by atoms with van der Waals surface area (Å²) in [6, 6.07) is 8.43. The zero-order valence-electron chi connectivity index (χ0n) is 31.0. The number of hydrogen-bond donors (Lipinski definition) is 1. The lowest BCUT2D eigenvalue weighted by atomic mass is 9.90. The molecule has 11 rings (SSSR count). The summed E-state index contributed by atoms with van der Waals surface area (Å²) in [6.45, 7) is 2.03. The Morgan fingerprint density at radius 3 is 2.57 bits per heavy atom. The Kier molecular flexibility index (Phi) is 7.10. The molecule has 2 saturated carbocycles. The minimum absolute atomic E-state index is 0.0171. The minimum atomic E-state index is -0.998. The molecule has 6 aromatic heterocycles. The number of carbonyl (C=O) groups excluding carboxylic acids is 1. The van der Waals surface area contributed by atoms with E-state index in [2.05, 4.69) is 20.3 Å². The van der Waals surface area contributed by atoms with Gasteiger partial charge in [0.25, 0.3) is 5.91 Å². The number of H-pyrrole nitrogens is 1. The van der Waals surface area contributed by atoms with Gasteiger partial charge < -0.3 is 4.90 Å². The van der Waals surface area contributed by atoms with Gasteiger partial charge in [0.05, 0.1) is 57.4 Å². The standard InChI is InChI=1S/C40H32F3N11O4/c1-20-31-28(10-14-50(20)36(55)25-19-53-34(27(42)9-13-44-53)32(25)40(11-12-40)37-46-38(56)58-48-37)47-54(22-5-6-26(41)23(17-22)21-3-4-21)35(31)52-16-15-51(39(52)57)30-8-7-29-24(33(30)43)18-45-49(29)2/h5-9,13,15-21H,3-4,10-12,14H2,1-2H3,(H,46,48,56)/t20-/m0/s1. The number of hydrogen-bond acceptors (Lipinski definition) is 8. The van der Waals surface area contributed by atoms with Crippen LogP contribution in [0.25, 0.3) is 33.6 Å². The molecule has 0 bridgehead atoms. The molecule has 58 heavy (non-hydrogen) atoms. The molecular formula is C40H32F3N11O4. The van der Waals surface area contributed by atoms with Crippen molar-refractivity contribution in [3.05, 3.63) is 140 Å². The van der Waals surface area contributed by atoms with Crippen LogP contribution in [0.2, 0.25) is 0 Å². The van der Waals surface area contributed by atoms with E-state index in [9.17, 15) is 14.4 Å². The number of fused-ring (bicyclic) bond motifs is 3. The highest BCUT2D eigenvalue weighted by molar-refractivity contribution is 5.99. The van der Waals surface area contributed by atoms with Crippen molar-refractivity contribution in [1.29, 1.82) is 0 Å². The summed E-state index contributed by atoms with van der Waals surface area (Å²) >= 11 is 0. The van der Waals surface area contributed by atoms with Gasteiger partial charge in [0, 0.05) is 49.7 Å². The van der Waals surface area contributed by atoms with Crippen molar-refractivity contribution >= 4 is 22.3 Å². The summed E-state index contributed by atoms with van der Waals surface area (Å²) in [6.07, 6.45) is 10.1. The fourth-order valence-electron chi connectivity index (χ4n) is 8.83. The number of nitrogens with one attached hydrogen (secondary N) is 1. The molecule has 15 nitrogen and oxygen atoms in total. The van der Waals surface area contributed by atoms with Crippen LogP contribution in [0.5, 0.6) is 0 Å².